The minimum absolute atomic E-state index is 0.671. The second-order valence-electron chi connectivity index (χ2n) is 5.80. The number of hydrogen-bond donors (Lipinski definition) is 1. The first kappa shape index (κ1) is 15.0. The minimum atomic E-state index is 0.671. The van der Waals surface area contributed by atoms with E-state index in [0.717, 1.165) is 42.9 Å². The average molecular weight is 307 g/mol. The van der Waals surface area contributed by atoms with Crippen LogP contribution in [0.25, 0.3) is 0 Å². The van der Waals surface area contributed by atoms with Crippen molar-refractivity contribution in [3.05, 3.63) is 23.8 Å². The van der Waals surface area contributed by atoms with Crippen LogP contribution in [0.1, 0.15) is 38.2 Å². The van der Waals surface area contributed by atoms with Gasteiger partial charge in [0.05, 0.1) is 13.2 Å². The first-order valence-corrected chi connectivity index (χ1v) is 9.13. The molecule has 1 aromatic rings. The van der Waals surface area contributed by atoms with E-state index in [4.69, 9.17) is 9.47 Å². The zero-order valence-electron chi connectivity index (χ0n) is 12.8. The van der Waals surface area contributed by atoms with Gasteiger partial charge in [0.15, 0.2) is 11.5 Å². The Kier molecular flexibility index (Phi) is 5.31. The SMILES string of the molecule is CCSC1CCC(NCc2ccc3c(c2)OCCCO3)C1. The molecule has 1 saturated carbocycles. The van der Waals surface area contributed by atoms with Gasteiger partial charge >= 0.3 is 0 Å². The van der Waals surface area contributed by atoms with Gasteiger partial charge in [-0.05, 0) is 42.7 Å². The molecule has 2 aliphatic rings. The van der Waals surface area contributed by atoms with Crippen LogP contribution in [0.2, 0.25) is 0 Å². The van der Waals surface area contributed by atoms with E-state index in [1.165, 1.54) is 30.6 Å². The Bertz CT molecular complexity index is 466. The van der Waals surface area contributed by atoms with Crippen molar-refractivity contribution in [3.63, 3.8) is 0 Å². The maximum atomic E-state index is 5.75. The van der Waals surface area contributed by atoms with E-state index < -0.39 is 0 Å². The second kappa shape index (κ2) is 7.41. The summed E-state index contributed by atoms with van der Waals surface area (Å²) in [7, 11) is 0. The van der Waals surface area contributed by atoms with E-state index in [2.05, 4.69) is 36.1 Å². The van der Waals surface area contributed by atoms with Crippen LogP contribution >= 0.6 is 11.8 Å². The molecule has 2 atom stereocenters. The topological polar surface area (TPSA) is 30.5 Å². The molecule has 4 heteroatoms. The molecule has 0 bridgehead atoms. The Hall–Kier alpha value is -0.870. The van der Waals surface area contributed by atoms with E-state index in [1.54, 1.807) is 0 Å². The Balaban J connectivity index is 1.53. The van der Waals surface area contributed by atoms with Crippen molar-refractivity contribution in [2.75, 3.05) is 19.0 Å². The average Bonchev–Trinajstić information content (AvgIpc) is 2.81. The van der Waals surface area contributed by atoms with Gasteiger partial charge < -0.3 is 14.8 Å². The van der Waals surface area contributed by atoms with Crippen LogP contribution in [0.4, 0.5) is 0 Å². The van der Waals surface area contributed by atoms with Crippen LogP contribution in [0, 0.1) is 0 Å². The Morgan fingerprint density at radius 3 is 2.90 bits per heavy atom. The first-order chi connectivity index (χ1) is 10.3. The third kappa shape index (κ3) is 4.07. The molecule has 1 fully saturated rings. The van der Waals surface area contributed by atoms with Crippen molar-refractivity contribution < 1.29 is 9.47 Å². The van der Waals surface area contributed by atoms with Crippen molar-refractivity contribution in [1.82, 2.24) is 5.32 Å². The van der Waals surface area contributed by atoms with Crippen molar-refractivity contribution in [2.45, 2.75) is 50.4 Å². The molecule has 1 aliphatic carbocycles. The molecule has 0 radical (unpaired) electrons. The molecular weight excluding hydrogens is 282 g/mol. The number of rotatable bonds is 5. The van der Waals surface area contributed by atoms with E-state index in [9.17, 15) is 0 Å². The number of hydrogen-bond acceptors (Lipinski definition) is 4. The van der Waals surface area contributed by atoms with Crippen LogP contribution in [0.5, 0.6) is 11.5 Å². The molecule has 1 aromatic carbocycles. The molecule has 0 amide bonds. The highest BCUT2D eigenvalue weighted by Crippen LogP contribution is 2.32. The molecule has 0 spiro atoms. The van der Waals surface area contributed by atoms with Crippen molar-refractivity contribution >= 4 is 11.8 Å². The number of fused-ring (bicyclic) bond motifs is 1. The molecule has 3 rings (SSSR count). The van der Waals surface area contributed by atoms with Gasteiger partial charge in [0.1, 0.15) is 0 Å². The van der Waals surface area contributed by atoms with Gasteiger partial charge in [-0.3, -0.25) is 0 Å². The van der Waals surface area contributed by atoms with E-state index in [1.807, 2.05) is 6.07 Å². The van der Waals surface area contributed by atoms with Gasteiger partial charge in [-0.1, -0.05) is 13.0 Å². The lowest BCUT2D eigenvalue weighted by molar-refractivity contribution is 0.297. The quantitative estimate of drug-likeness (QED) is 0.900. The fourth-order valence-corrected chi connectivity index (χ4v) is 4.23. The van der Waals surface area contributed by atoms with Crippen LogP contribution in [0.3, 0.4) is 0 Å². The lowest BCUT2D eigenvalue weighted by atomic mass is 10.1. The lowest BCUT2D eigenvalue weighted by Gasteiger charge is -2.14. The highest BCUT2D eigenvalue weighted by atomic mass is 32.2. The van der Waals surface area contributed by atoms with Gasteiger partial charge in [-0.2, -0.15) is 11.8 Å². The van der Waals surface area contributed by atoms with E-state index in [-0.39, 0.29) is 0 Å². The van der Waals surface area contributed by atoms with Crippen LogP contribution in [-0.4, -0.2) is 30.3 Å². The number of ether oxygens (including phenoxy) is 2. The fraction of sp³-hybridized carbons (Fsp3) is 0.647. The summed E-state index contributed by atoms with van der Waals surface area (Å²) in [4.78, 5) is 0. The normalized spacial score (nSPS) is 24.8. The van der Waals surface area contributed by atoms with E-state index >= 15 is 0 Å². The second-order valence-corrected chi connectivity index (χ2v) is 7.38. The highest BCUT2D eigenvalue weighted by Gasteiger charge is 2.24. The third-order valence-electron chi connectivity index (χ3n) is 4.19. The summed E-state index contributed by atoms with van der Waals surface area (Å²) >= 11 is 2.11. The van der Waals surface area contributed by atoms with Crippen molar-refractivity contribution in [3.8, 4) is 11.5 Å². The molecular formula is C17H25NO2S. The zero-order valence-corrected chi connectivity index (χ0v) is 13.6. The summed E-state index contributed by atoms with van der Waals surface area (Å²) in [5.41, 5.74) is 1.28. The predicted octanol–water partition coefficient (Wildman–Crippen LogP) is 3.61. The van der Waals surface area contributed by atoms with Gasteiger partial charge in [0, 0.05) is 24.3 Å². The largest absolute Gasteiger partial charge is 0.490 e. The summed E-state index contributed by atoms with van der Waals surface area (Å²) < 4.78 is 11.4. The van der Waals surface area contributed by atoms with Gasteiger partial charge in [-0.15, -0.1) is 0 Å². The molecule has 3 nitrogen and oxygen atoms in total. The third-order valence-corrected chi connectivity index (χ3v) is 5.43. The molecule has 2 unspecified atom stereocenters. The molecule has 21 heavy (non-hydrogen) atoms. The number of thioether (sulfide) groups is 1. The Morgan fingerprint density at radius 1 is 1.19 bits per heavy atom. The van der Waals surface area contributed by atoms with Crippen LogP contribution in [-0.2, 0) is 6.54 Å². The molecule has 1 N–H and O–H groups in total. The summed E-state index contributed by atoms with van der Waals surface area (Å²) in [5.74, 6) is 3.02. The maximum Gasteiger partial charge on any atom is 0.161 e. The summed E-state index contributed by atoms with van der Waals surface area (Å²) in [6, 6.07) is 6.99. The summed E-state index contributed by atoms with van der Waals surface area (Å²) in [6.07, 6.45) is 4.93. The standard InChI is InChI=1S/C17H25NO2S/c1-2-21-15-6-5-14(11-15)18-12-13-4-7-16-17(10-13)20-9-3-8-19-16/h4,7,10,14-15,18H,2-3,5-6,8-9,11-12H2,1H3. The van der Waals surface area contributed by atoms with Gasteiger partial charge in [0.25, 0.3) is 0 Å². The zero-order chi connectivity index (χ0) is 14.5. The number of nitrogens with one attached hydrogen (secondary N) is 1. The maximum absolute atomic E-state index is 5.75. The van der Waals surface area contributed by atoms with Crippen molar-refractivity contribution in [2.24, 2.45) is 0 Å². The minimum Gasteiger partial charge on any atom is -0.490 e. The van der Waals surface area contributed by atoms with Gasteiger partial charge in [-0.25, -0.2) is 0 Å². The Morgan fingerprint density at radius 2 is 2.05 bits per heavy atom. The summed E-state index contributed by atoms with van der Waals surface area (Å²) in [6.45, 7) is 4.68. The fourth-order valence-electron chi connectivity index (χ4n) is 3.09. The highest BCUT2D eigenvalue weighted by molar-refractivity contribution is 7.99. The molecule has 1 aliphatic heterocycles. The summed E-state index contributed by atoms with van der Waals surface area (Å²) in [5, 5.41) is 4.56. The molecule has 116 valence electrons. The smallest absolute Gasteiger partial charge is 0.161 e. The van der Waals surface area contributed by atoms with Crippen LogP contribution < -0.4 is 14.8 Å². The number of benzene rings is 1. The van der Waals surface area contributed by atoms with Crippen LogP contribution in [0.15, 0.2) is 18.2 Å². The van der Waals surface area contributed by atoms with Crippen molar-refractivity contribution in [1.29, 1.82) is 0 Å². The molecule has 0 aromatic heterocycles. The van der Waals surface area contributed by atoms with Gasteiger partial charge in [0.2, 0.25) is 0 Å². The lowest BCUT2D eigenvalue weighted by Crippen LogP contribution is -2.26. The predicted molar refractivity (Wildman–Crippen MR) is 88.4 cm³/mol. The first-order valence-electron chi connectivity index (χ1n) is 8.08. The molecule has 1 heterocycles. The van der Waals surface area contributed by atoms with E-state index in [0.29, 0.717) is 6.04 Å². The monoisotopic (exact) mass is 307 g/mol. The molecule has 0 saturated heterocycles. The Labute approximate surface area is 131 Å².